The first-order chi connectivity index (χ1) is 12.5. The fourth-order valence-electron chi connectivity index (χ4n) is 3.88. The second kappa shape index (κ2) is 14.1. The zero-order chi connectivity index (χ0) is 19.2. The van der Waals surface area contributed by atoms with Crippen molar-refractivity contribution in [2.45, 2.75) is 104 Å². The highest BCUT2D eigenvalue weighted by Gasteiger charge is 2.36. The van der Waals surface area contributed by atoms with E-state index in [2.05, 4.69) is 13.8 Å². The van der Waals surface area contributed by atoms with Crippen LogP contribution in [0.2, 0.25) is 0 Å². The molecule has 1 N–H and O–H groups in total. The van der Waals surface area contributed by atoms with E-state index in [9.17, 15) is 14.7 Å². The summed E-state index contributed by atoms with van der Waals surface area (Å²) in [5.41, 5.74) is 0. The van der Waals surface area contributed by atoms with Gasteiger partial charge in [0.1, 0.15) is 0 Å². The number of rotatable bonds is 14. The molecule has 1 saturated carbocycles. The molecule has 2 unspecified atom stereocenters. The van der Waals surface area contributed by atoms with Gasteiger partial charge in [-0.25, -0.2) is 0 Å². The molecule has 1 aliphatic rings. The van der Waals surface area contributed by atoms with Gasteiger partial charge >= 0.3 is 11.9 Å². The summed E-state index contributed by atoms with van der Waals surface area (Å²) in [6.07, 6.45) is 15.6. The van der Waals surface area contributed by atoms with Crippen LogP contribution in [-0.2, 0) is 14.3 Å². The lowest BCUT2D eigenvalue weighted by Gasteiger charge is -2.26. The lowest BCUT2D eigenvalue weighted by molar-refractivity contribution is -0.159. The molecule has 0 aromatic heterocycles. The molecule has 1 aliphatic carbocycles. The molecule has 4 nitrogen and oxygen atoms in total. The van der Waals surface area contributed by atoms with Crippen molar-refractivity contribution in [2.75, 3.05) is 6.61 Å². The maximum atomic E-state index is 12.1. The van der Waals surface area contributed by atoms with Gasteiger partial charge in [0.05, 0.1) is 18.4 Å². The molecule has 152 valence electrons. The van der Waals surface area contributed by atoms with Gasteiger partial charge in [0, 0.05) is 0 Å². The summed E-state index contributed by atoms with van der Waals surface area (Å²) >= 11 is 0. The van der Waals surface area contributed by atoms with E-state index in [1.54, 1.807) is 0 Å². The fraction of sp³-hybridized carbons (Fsp3) is 0.909. The highest BCUT2D eigenvalue weighted by atomic mass is 16.5. The Morgan fingerprint density at radius 2 is 1.35 bits per heavy atom. The molecule has 0 aliphatic heterocycles. The van der Waals surface area contributed by atoms with E-state index in [1.165, 1.54) is 51.4 Å². The van der Waals surface area contributed by atoms with Gasteiger partial charge in [-0.05, 0) is 25.2 Å². The molecule has 0 bridgehead atoms. The van der Waals surface area contributed by atoms with Crippen LogP contribution in [-0.4, -0.2) is 23.7 Å². The Bertz CT molecular complexity index is 392. The number of carbonyl (C=O) groups is 2. The molecule has 0 radical (unpaired) electrons. The molecular formula is C22H40O4. The zero-order valence-electron chi connectivity index (χ0n) is 17.0. The molecule has 4 heteroatoms. The Balaban J connectivity index is 1.95. The molecule has 2 atom stereocenters. The number of esters is 1. The summed E-state index contributed by atoms with van der Waals surface area (Å²) in [5.74, 6) is -1.29. The third kappa shape index (κ3) is 10.2. The van der Waals surface area contributed by atoms with Gasteiger partial charge in [-0.2, -0.15) is 0 Å². The molecule has 0 saturated heterocycles. The average Bonchev–Trinajstić information content (AvgIpc) is 2.62. The molecule has 0 amide bonds. The van der Waals surface area contributed by atoms with E-state index in [1.807, 2.05) is 0 Å². The molecular weight excluding hydrogens is 328 g/mol. The minimum absolute atomic E-state index is 0.293. The number of hydrogen-bond acceptors (Lipinski definition) is 3. The summed E-state index contributed by atoms with van der Waals surface area (Å²) in [6, 6.07) is 0. The largest absolute Gasteiger partial charge is 0.481 e. The SMILES string of the molecule is CC(C)CCCCCCCCCCCOC(=O)C1CCCCC1C(=O)O. The fourth-order valence-corrected chi connectivity index (χ4v) is 3.88. The minimum Gasteiger partial charge on any atom is -0.481 e. The second-order valence-corrected chi connectivity index (χ2v) is 8.37. The number of ether oxygens (including phenoxy) is 1. The Morgan fingerprint density at radius 1 is 0.846 bits per heavy atom. The van der Waals surface area contributed by atoms with Gasteiger partial charge < -0.3 is 9.84 Å². The van der Waals surface area contributed by atoms with Gasteiger partial charge in [-0.15, -0.1) is 0 Å². The normalized spacial score (nSPS) is 20.3. The highest BCUT2D eigenvalue weighted by molar-refractivity contribution is 5.81. The Hall–Kier alpha value is -1.06. The van der Waals surface area contributed by atoms with Gasteiger partial charge in [0.15, 0.2) is 0 Å². The van der Waals surface area contributed by atoms with Gasteiger partial charge in [0.2, 0.25) is 0 Å². The van der Waals surface area contributed by atoms with Crippen molar-refractivity contribution in [2.24, 2.45) is 17.8 Å². The third-order valence-electron chi connectivity index (χ3n) is 5.56. The number of aliphatic carboxylic acids is 1. The highest BCUT2D eigenvalue weighted by Crippen LogP contribution is 2.31. The van der Waals surface area contributed by atoms with Gasteiger partial charge in [-0.3, -0.25) is 9.59 Å². The zero-order valence-corrected chi connectivity index (χ0v) is 17.0. The van der Waals surface area contributed by atoms with Crippen molar-refractivity contribution in [1.82, 2.24) is 0 Å². The van der Waals surface area contributed by atoms with Crippen molar-refractivity contribution in [1.29, 1.82) is 0 Å². The van der Waals surface area contributed by atoms with Crippen LogP contribution in [0.25, 0.3) is 0 Å². The van der Waals surface area contributed by atoms with Gasteiger partial charge in [-0.1, -0.05) is 84.5 Å². The van der Waals surface area contributed by atoms with Gasteiger partial charge in [0.25, 0.3) is 0 Å². The van der Waals surface area contributed by atoms with Crippen molar-refractivity contribution < 1.29 is 19.4 Å². The number of unbranched alkanes of at least 4 members (excludes halogenated alkanes) is 8. The van der Waals surface area contributed by atoms with E-state index in [4.69, 9.17) is 4.74 Å². The van der Waals surface area contributed by atoms with E-state index < -0.39 is 17.8 Å². The summed E-state index contributed by atoms with van der Waals surface area (Å²) in [5, 5.41) is 9.23. The lowest BCUT2D eigenvalue weighted by atomic mass is 9.79. The summed E-state index contributed by atoms with van der Waals surface area (Å²) < 4.78 is 5.35. The predicted molar refractivity (Wildman–Crippen MR) is 105 cm³/mol. The first-order valence-electron chi connectivity index (χ1n) is 10.9. The van der Waals surface area contributed by atoms with E-state index in [0.717, 1.165) is 31.6 Å². The van der Waals surface area contributed by atoms with Crippen LogP contribution < -0.4 is 0 Å². The van der Waals surface area contributed by atoms with Crippen LogP contribution >= 0.6 is 0 Å². The van der Waals surface area contributed by atoms with Crippen molar-refractivity contribution >= 4 is 11.9 Å². The predicted octanol–water partition coefficient (Wildman–Crippen LogP) is 5.98. The maximum Gasteiger partial charge on any atom is 0.309 e. The van der Waals surface area contributed by atoms with E-state index in [-0.39, 0.29) is 5.97 Å². The molecule has 0 aromatic carbocycles. The van der Waals surface area contributed by atoms with Crippen LogP contribution in [0.1, 0.15) is 104 Å². The van der Waals surface area contributed by atoms with Crippen molar-refractivity contribution in [3.63, 3.8) is 0 Å². The average molecular weight is 369 g/mol. The molecule has 26 heavy (non-hydrogen) atoms. The van der Waals surface area contributed by atoms with Crippen LogP contribution in [0.15, 0.2) is 0 Å². The summed E-state index contributed by atoms with van der Waals surface area (Å²) in [4.78, 5) is 23.4. The topological polar surface area (TPSA) is 63.6 Å². The quantitative estimate of drug-likeness (QED) is 0.303. The molecule has 0 heterocycles. The lowest BCUT2D eigenvalue weighted by Crippen LogP contribution is -2.33. The number of carboxylic acid groups (broad SMARTS) is 1. The third-order valence-corrected chi connectivity index (χ3v) is 5.56. The minimum atomic E-state index is -0.851. The van der Waals surface area contributed by atoms with E-state index >= 15 is 0 Å². The smallest absolute Gasteiger partial charge is 0.309 e. The molecule has 0 spiro atoms. The number of carbonyl (C=O) groups excluding carboxylic acids is 1. The maximum absolute atomic E-state index is 12.1. The van der Waals surface area contributed by atoms with Crippen molar-refractivity contribution in [3.8, 4) is 0 Å². The number of carboxylic acids is 1. The molecule has 1 rings (SSSR count). The summed E-state index contributed by atoms with van der Waals surface area (Å²) in [6.45, 7) is 5.02. The molecule has 0 aromatic rings. The number of hydrogen-bond donors (Lipinski definition) is 1. The van der Waals surface area contributed by atoms with Crippen LogP contribution in [0.4, 0.5) is 0 Å². The van der Waals surface area contributed by atoms with Crippen LogP contribution in [0, 0.1) is 17.8 Å². The van der Waals surface area contributed by atoms with Crippen LogP contribution in [0.5, 0.6) is 0 Å². The standard InChI is InChI=1S/C22H40O4/c1-18(2)14-10-8-6-4-3-5-7-9-13-17-26-22(25)20-16-12-11-15-19(20)21(23)24/h18-20H,3-17H2,1-2H3,(H,23,24). The second-order valence-electron chi connectivity index (χ2n) is 8.37. The first kappa shape index (κ1) is 23.0. The molecule has 1 fully saturated rings. The summed E-state index contributed by atoms with van der Waals surface area (Å²) in [7, 11) is 0. The Labute approximate surface area is 160 Å². The Kier molecular flexibility index (Phi) is 12.4. The first-order valence-corrected chi connectivity index (χ1v) is 10.9. The van der Waals surface area contributed by atoms with Crippen LogP contribution in [0.3, 0.4) is 0 Å². The Morgan fingerprint density at radius 3 is 1.88 bits per heavy atom. The van der Waals surface area contributed by atoms with Crippen molar-refractivity contribution in [3.05, 3.63) is 0 Å². The van der Waals surface area contributed by atoms with E-state index in [0.29, 0.717) is 19.4 Å². The monoisotopic (exact) mass is 368 g/mol.